The SMILES string of the molecule is O=C(On1ccnc1)On1ccnc1. The molecule has 0 fully saturated rings. The Morgan fingerprint density at radius 1 is 1.00 bits per heavy atom. The van der Waals surface area contributed by atoms with Crippen molar-refractivity contribution in [2.24, 2.45) is 0 Å². The molecule has 72 valence electrons. The molecule has 2 aromatic heterocycles. The van der Waals surface area contributed by atoms with Crippen molar-refractivity contribution in [3.63, 3.8) is 0 Å². The molecule has 0 bridgehead atoms. The van der Waals surface area contributed by atoms with Gasteiger partial charge in [-0.15, -0.1) is 0 Å². The molecule has 0 aliphatic carbocycles. The lowest BCUT2D eigenvalue weighted by Gasteiger charge is -2.03. The molecule has 2 aromatic rings. The first-order valence-electron chi connectivity index (χ1n) is 3.71. The first kappa shape index (κ1) is 8.30. The van der Waals surface area contributed by atoms with Gasteiger partial charge in [-0.2, -0.15) is 14.3 Å². The molecular weight excluding hydrogens is 188 g/mol. The Labute approximate surface area is 78.4 Å². The van der Waals surface area contributed by atoms with Crippen LogP contribution in [0, 0.1) is 0 Å². The molecule has 2 heterocycles. The number of aromatic nitrogens is 4. The van der Waals surface area contributed by atoms with Crippen molar-refractivity contribution in [1.82, 2.24) is 19.4 Å². The van der Waals surface area contributed by atoms with Crippen molar-refractivity contribution in [3.8, 4) is 0 Å². The Bertz CT molecular complexity index is 356. The molecule has 0 unspecified atom stereocenters. The molecule has 0 aliphatic rings. The number of carbonyl (C=O) groups is 1. The maximum atomic E-state index is 11.0. The Kier molecular flexibility index (Phi) is 2.14. The third-order valence-corrected chi connectivity index (χ3v) is 1.32. The summed E-state index contributed by atoms with van der Waals surface area (Å²) in [6.07, 6.45) is 7.67. The van der Waals surface area contributed by atoms with Gasteiger partial charge in [0.25, 0.3) is 0 Å². The van der Waals surface area contributed by atoms with Crippen LogP contribution in [-0.2, 0) is 0 Å². The zero-order chi connectivity index (χ0) is 9.80. The van der Waals surface area contributed by atoms with Gasteiger partial charge in [-0.05, 0) is 0 Å². The number of nitrogens with zero attached hydrogens (tertiary/aromatic N) is 4. The molecule has 7 heteroatoms. The van der Waals surface area contributed by atoms with E-state index in [1.807, 2.05) is 0 Å². The Balaban J connectivity index is 1.91. The first-order valence-corrected chi connectivity index (χ1v) is 3.71. The van der Waals surface area contributed by atoms with Gasteiger partial charge < -0.3 is 0 Å². The van der Waals surface area contributed by atoms with Crippen LogP contribution in [0.5, 0.6) is 0 Å². The van der Waals surface area contributed by atoms with Crippen molar-refractivity contribution in [2.45, 2.75) is 0 Å². The van der Waals surface area contributed by atoms with Crippen LogP contribution in [0.3, 0.4) is 0 Å². The van der Waals surface area contributed by atoms with Crippen molar-refractivity contribution in [2.75, 3.05) is 0 Å². The average Bonchev–Trinajstić information content (AvgIpc) is 2.76. The third-order valence-electron chi connectivity index (χ3n) is 1.32. The minimum atomic E-state index is -0.874. The summed E-state index contributed by atoms with van der Waals surface area (Å²) >= 11 is 0. The molecule has 0 atom stereocenters. The summed E-state index contributed by atoms with van der Waals surface area (Å²) in [5, 5.41) is 0. The van der Waals surface area contributed by atoms with E-state index in [9.17, 15) is 4.79 Å². The van der Waals surface area contributed by atoms with Gasteiger partial charge in [0.2, 0.25) is 0 Å². The van der Waals surface area contributed by atoms with Crippen LogP contribution in [0.2, 0.25) is 0 Å². The second-order valence-corrected chi connectivity index (χ2v) is 2.28. The Hall–Kier alpha value is -2.31. The summed E-state index contributed by atoms with van der Waals surface area (Å²) in [5.41, 5.74) is 0. The molecular formula is C7H6N4O3. The highest BCUT2D eigenvalue weighted by molar-refractivity contribution is 5.60. The Morgan fingerprint density at radius 3 is 1.86 bits per heavy atom. The second-order valence-electron chi connectivity index (χ2n) is 2.28. The predicted molar refractivity (Wildman–Crippen MR) is 43.0 cm³/mol. The van der Waals surface area contributed by atoms with Gasteiger partial charge in [-0.3, -0.25) is 9.68 Å². The normalized spacial score (nSPS) is 9.71. The maximum Gasteiger partial charge on any atom is 0.559 e. The van der Waals surface area contributed by atoms with Gasteiger partial charge in [0.15, 0.2) is 0 Å². The largest absolute Gasteiger partial charge is 0.559 e. The van der Waals surface area contributed by atoms with E-state index in [4.69, 9.17) is 0 Å². The van der Waals surface area contributed by atoms with Crippen molar-refractivity contribution in [3.05, 3.63) is 37.4 Å². The van der Waals surface area contributed by atoms with Crippen molar-refractivity contribution in [1.29, 1.82) is 0 Å². The van der Waals surface area contributed by atoms with E-state index >= 15 is 0 Å². The third kappa shape index (κ3) is 1.89. The molecule has 0 radical (unpaired) electrons. The van der Waals surface area contributed by atoms with Gasteiger partial charge in [-0.1, -0.05) is 0 Å². The zero-order valence-electron chi connectivity index (χ0n) is 6.98. The van der Waals surface area contributed by atoms with Crippen LogP contribution in [0.25, 0.3) is 0 Å². The highest BCUT2D eigenvalue weighted by Gasteiger charge is 2.06. The van der Waals surface area contributed by atoms with Crippen LogP contribution in [-0.4, -0.2) is 25.6 Å². The molecule has 0 aromatic carbocycles. The lowest BCUT2D eigenvalue weighted by Crippen LogP contribution is -2.27. The number of imidazole rings is 2. The van der Waals surface area contributed by atoms with E-state index in [1.165, 1.54) is 37.4 Å². The van der Waals surface area contributed by atoms with E-state index < -0.39 is 6.16 Å². The second kappa shape index (κ2) is 3.60. The quantitative estimate of drug-likeness (QED) is 0.659. The standard InChI is InChI=1S/C7H6N4O3/c12-7(13-10-3-1-8-5-10)14-11-4-2-9-6-11/h1-6H. The first-order chi connectivity index (χ1) is 6.84. The van der Waals surface area contributed by atoms with Crippen LogP contribution in [0.15, 0.2) is 37.4 Å². The van der Waals surface area contributed by atoms with E-state index in [-0.39, 0.29) is 0 Å². The summed E-state index contributed by atoms with van der Waals surface area (Å²) in [5.74, 6) is 0. The van der Waals surface area contributed by atoms with Gasteiger partial charge in [-0.25, -0.2) is 9.97 Å². The van der Waals surface area contributed by atoms with Crippen molar-refractivity contribution < 1.29 is 14.5 Å². The zero-order valence-corrected chi connectivity index (χ0v) is 6.98. The minimum absolute atomic E-state index is 0.874. The number of hydrogen-bond donors (Lipinski definition) is 0. The van der Waals surface area contributed by atoms with Crippen LogP contribution >= 0.6 is 0 Å². The molecule has 2 rings (SSSR count). The fraction of sp³-hybridized carbons (Fsp3) is 0. The fourth-order valence-electron chi connectivity index (χ4n) is 0.791. The molecule has 0 aliphatic heterocycles. The van der Waals surface area contributed by atoms with Crippen molar-refractivity contribution >= 4 is 6.16 Å². The van der Waals surface area contributed by atoms with Crippen LogP contribution < -0.4 is 9.68 Å². The summed E-state index contributed by atoms with van der Waals surface area (Å²) < 4.78 is 2.25. The molecule has 0 saturated heterocycles. The maximum absolute atomic E-state index is 11.0. The fourth-order valence-corrected chi connectivity index (χ4v) is 0.791. The predicted octanol–water partition coefficient (Wildman–Crippen LogP) is -0.243. The monoisotopic (exact) mass is 194 g/mol. The minimum Gasteiger partial charge on any atom is -0.299 e. The summed E-state index contributed by atoms with van der Waals surface area (Å²) in [7, 11) is 0. The van der Waals surface area contributed by atoms with Crippen LogP contribution in [0.1, 0.15) is 0 Å². The van der Waals surface area contributed by atoms with Crippen LogP contribution in [0.4, 0.5) is 4.79 Å². The van der Waals surface area contributed by atoms with E-state index in [2.05, 4.69) is 19.6 Å². The smallest absolute Gasteiger partial charge is 0.299 e. The van der Waals surface area contributed by atoms with E-state index in [0.29, 0.717) is 0 Å². The molecule has 0 spiro atoms. The summed E-state index contributed by atoms with van der Waals surface area (Å²) in [6.45, 7) is 0. The van der Waals surface area contributed by atoms with Gasteiger partial charge in [0.05, 0.1) is 12.4 Å². The molecule has 0 amide bonds. The van der Waals surface area contributed by atoms with E-state index in [0.717, 1.165) is 9.46 Å². The summed E-state index contributed by atoms with van der Waals surface area (Å²) in [6, 6.07) is 0. The molecule has 14 heavy (non-hydrogen) atoms. The number of rotatable bonds is 2. The lowest BCUT2D eigenvalue weighted by molar-refractivity contribution is 0.0410. The number of carbonyl (C=O) groups excluding carboxylic acids is 1. The van der Waals surface area contributed by atoms with Gasteiger partial charge in [0, 0.05) is 12.4 Å². The molecule has 0 saturated carbocycles. The highest BCUT2D eigenvalue weighted by Crippen LogP contribution is 1.85. The lowest BCUT2D eigenvalue weighted by atomic mass is 11.0. The Morgan fingerprint density at radius 2 is 1.50 bits per heavy atom. The van der Waals surface area contributed by atoms with E-state index in [1.54, 1.807) is 0 Å². The summed E-state index contributed by atoms with van der Waals surface area (Å²) in [4.78, 5) is 27.7. The molecule has 0 N–H and O–H groups in total. The average molecular weight is 194 g/mol. The molecule has 7 nitrogen and oxygen atoms in total. The highest BCUT2D eigenvalue weighted by atomic mass is 16.9. The topological polar surface area (TPSA) is 71.2 Å². The van der Waals surface area contributed by atoms with Gasteiger partial charge >= 0.3 is 6.16 Å². The number of hydrogen-bond acceptors (Lipinski definition) is 5. The van der Waals surface area contributed by atoms with Gasteiger partial charge in [0.1, 0.15) is 12.7 Å².